The summed E-state index contributed by atoms with van der Waals surface area (Å²) in [5.74, 6) is 1.41. The highest BCUT2D eigenvalue weighted by molar-refractivity contribution is 7.98. The van der Waals surface area contributed by atoms with Gasteiger partial charge < -0.3 is 4.42 Å². The fourth-order valence-electron chi connectivity index (χ4n) is 2.99. The molecule has 9 heteroatoms. The standard InChI is InChI=1S/C25H18ClN3O4S/c26-20-7-12-23(13-8-20)34-16-17-1-3-19(4-2-17)25(30)28-27-15-22-11-14-24(33-22)18-5-9-21(10-6-18)29(31)32/h1-15H,16H2,(H,28,30)/b27-15-. The van der Waals surface area contributed by atoms with Crippen molar-refractivity contribution in [2.45, 2.75) is 10.6 Å². The first kappa shape index (κ1) is 23.3. The molecule has 0 saturated heterocycles. The van der Waals surface area contributed by atoms with E-state index in [2.05, 4.69) is 10.5 Å². The molecule has 3 aromatic carbocycles. The Morgan fingerprint density at radius 1 is 1.00 bits per heavy atom. The second kappa shape index (κ2) is 10.8. The highest BCUT2D eigenvalue weighted by Gasteiger charge is 2.08. The van der Waals surface area contributed by atoms with E-state index in [1.807, 2.05) is 36.4 Å². The molecule has 34 heavy (non-hydrogen) atoms. The topological polar surface area (TPSA) is 97.7 Å². The maximum Gasteiger partial charge on any atom is 0.271 e. The average molecular weight is 492 g/mol. The van der Waals surface area contributed by atoms with Gasteiger partial charge in [-0.05, 0) is 66.2 Å². The molecule has 1 aromatic heterocycles. The van der Waals surface area contributed by atoms with Gasteiger partial charge in [0.05, 0.1) is 11.1 Å². The molecular formula is C25H18ClN3O4S. The van der Waals surface area contributed by atoms with Crippen LogP contribution in [0.2, 0.25) is 5.02 Å². The van der Waals surface area contributed by atoms with E-state index in [-0.39, 0.29) is 11.6 Å². The molecule has 1 heterocycles. The largest absolute Gasteiger partial charge is 0.455 e. The monoisotopic (exact) mass is 491 g/mol. The van der Waals surface area contributed by atoms with Gasteiger partial charge in [-0.2, -0.15) is 5.10 Å². The lowest BCUT2D eigenvalue weighted by Gasteiger charge is -2.04. The zero-order valence-electron chi connectivity index (χ0n) is 17.7. The third kappa shape index (κ3) is 6.12. The second-order valence-corrected chi connectivity index (χ2v) is 8.63. The summed E-state index contributed by atoms with van der Waals surface area (Å²) in [4.78, 5) is 23.8. The second-order valence-electron chi connectivity index (χ2n) is 7.14. The number of hydrazone groups is 1. The number of hydrogen-bond donors (Lipinski definition) is 1. The van der Waals surface area contributed by atoms with E-state index in [0.717, 1.165) is 16.2 Å². The van der Waals surface area contributed by atoms with Crippen LogP contribution in [0.1, 0.15) is 21.7 Å². The van der Waals surface area contributed by atoms with Crippen LogP contribution in [-0.2, 0) is 5.75 Å². The Bertz CT molecular complexity index is 1320. The molecule has 0 saturated carbocycles. The molecule has 0 bridgehead atoms. The number of nitro benzene ring substituents is 1. The van der Waals surface area contributed by atoms with E-state index in [1.165, 1.54) is 18.3 Å². The number of carbonyl (C=O) groups is 1. The van der Waals surface area contributed by atoms with Crippen molar-refractivity contribution < 1.29 is 14.1 Å². The SMILES string of the molecule is O=C(N/N=C\c1ccc(-c2ccc([N+](=O)[O-])cc2)o1)c1ccc(CSc2ccc(Cl)cc2)cc1. The lowest BCUT2D eigenvalue weighted by atomic mass is 10.1. The molecule has 0 unspecified atom stereocenters. The summed E-state index contributed by atoms with van der Waals surface area (Å²) < 4.78 is 5.66. The Morgan fingerprint density at radius 2 is 1.71 bits per heavy atom. The van der Waals surface area contributed by atoms with E-state index < -0.39 is 4.92 Å². The van der Waals surface area contributed by atoms with Gasteiger partial charge in [-0.1, -0.05) is 23.7 Å². The minimum Gasteiger partial charge on any atom is -0.455 e. The molecule has 4 rings (SSSR count). The number of nitrogens with zero attached hydrogens (tertiary/aromatic N) is 2. The van der Waals surface area contributed by atoms with Crippen LogP contribution in [0.3, 0.4) is 0 Å². The summed E-state index contributed by atoms with van der Waals surface area (Å²) in [5.41, 5.74) is 4.76. The van der Waals surface area contributed by atoms with Gasteiger partial charge in [0.2, 0.25) is 0 Å². The van der Waals surface area contributed by atoms with E-state index in [0.29, 0.717) is 27.7 Å². The predicted molar refractivity (Wildman–Crippen MR) is 133 cm³/mol. The average Bonchev–Trinajstić information content (AvgIpc) is 3.33. The van der Waals surface area contributed by atoms with Gasteiger partial charge in [0.25, 0.3) is 11.6 Å². The third-order valence-electron chi connectivity index (χ3n) is 4.78. The number of halogens is 1. The summed E-state index contributed by atoms with van der Waals surface area (Å²) >= 11 is 7.59. The lowest BCUT2D eigenvalue weighted by molar-refractivity contribution is -0.384. The number of thioether (sulfide) groups is 1. The number of non-ortho nitro benzene ring substituents is 1. The first-order chi connectivity index (χ1) is 16.5. The number of benzene rings is 3. The van der Waals surface area contributed by atoms with E-state index in [9.17, 15) is 14.9 Å². The van der Waals surface area contributed by atoms with Gasteiger partial charge in [0, 0.05) is 38.9 Å². The molecule has 0 atom stereocenters. The number of furan rings is 1. The Labute approximate surface area is 204 Å². The fourth-order valence-corrected chi connectivity index (χ4v) is 3.97. The molecule has 0 aliphatic heterocycles. The van der Waals surface area contributed by atoms with Crippen molar-refractivity contribution in [2.75, 3.05) is 0 Å². The number of hydrogen-bond acceptors (Lipinski definition) is 6. The predicted octanol–water partition coefficient (Wildman–Crippen LogP) is 6.56. The van der Waals surface area contributed by atoms with Crippen LogP contribution in [-0.4, -0.2) is 17.0 Å². The number of nitrogens with one attached hydrogen (secondary N) is 1. The van der Waals surface area contributed by atoms with Crippen LogP contribution in [0.25, 0.3) is 11.3 Å². The maximum atomic E-state index is 12.3. The molecule has 0 aliphatic rings. The van der Waals surface area contributed by atoms with Crippen LogP contribution in [0, 0.1) is 10.1 Å². The van der Waals surface area contributed by atoms with E-state index in [1.54, 1.807) is 48.2 Å². The van der Waals surface area contributed by atoms with Crippen LogP contribution in [0.5, 0.6) is 0 Å². The van der Waals surface area contributed by atoms with Crippen molar-refractivity contribution >= 4 is 41.2 Å². The maximum absolute atomic E-state index is 12.3. The van der Waals surface area contributed by atoms with Crippen molar-refractivity contribution in [1.29, 1.82) is 0 Å². The number of nitro groups is 1. The Morgan fingerprint density at radius 3 is 2.38 bits per heavy atom. The molecule has 170 valence electrons. The smallest absolute Gasteiger partial charge is 0.271 e. The highest BCUT2D eigenvalue weighted by atomic mass is 35.5. The van der Waals surface area contributed by atoms with Crippen molar-refractivity contribution in [3.63, 3.8) is 0 Å². The Balaban J connectivity index is 1.29. The first-order valence-electron chi connectivity index (χ1n) is 10.1. The van der Waals surface area contributed by atoms with Crippen LogP contribution >= 0.6 is 23.4 Å². The Hall–Kier alpha value is -3.88. The van der Waals surface area contributed by atoms with Gasteiger partial charge >= 0.3 is 0 Å². The molecular weight excluding hydrogens is 474 g/mol. The molecule has 0 aliphatic carbocycles. The highest BCUT2D eigenvalue weighted by Crippen LogP contribution is 2.25. The molecule has 1 N–H and O–H groups in total. The summed E-state index contributed by atoms with van der Waals surface area (Å²) in [6, 6.07) is 24.4. The third-order valence-corrected chi connectivity index (χ3v) is 6.12. The van der Waals surface area contributed by atoms with Gasteiger partial charge in [-0.25, -0.2) is 5.43 Å². The molecule has 4 aromatic rings. The van der Waals surface area contributed by atoms with Gasteiger partial charge in [-0.15, -0.1) is 11.8 Å². The van der Waals surface area contributed by atoms with Crippen LogP contribution in [0.15, 0.2) is 99.3 Å². The van der Waals surface area contributed by atoms with Crippen molar-refractivity contribution in [3.8, 4) is 11.3 Å². The number of carbonyl (C=O) groups excluding carboxylic acids is 1. The number of rotatable bonds is 8. The first-order valence-corrected chi connectivity index (χ1v) is 11.5. The van der Waals surface area contributed by atoms with Crippen LogP contribution < -0.4 is 5.43 Å². The van der Waals surface area contributed by atoms with Gasteiger partial charge in [-0.3, -0.25) is 14.9 Å². The van der Waals surface area contributed by atoms with Crippen molar-refractivity contribution in [2.24, 2.45) is 5.10 Å². The van der Waals surface area contributed by atoms with E-state index >= 15 is 0 Å². The molecule has 7 nitrogen and oxygen atoms in total. The number of amides is 1. The molecule has 1 amide bonds. The summed E-state index contributed by atoms with van der Waals surface area (Å²) in [7, 11) is 0. The summed E-state index contributed by atoms with van der Waals surface area (Å²) in [5, 5.41) is 15.4. The van der Waals surface area contributed by atoms with Crippen LogP contribution in [0.4, 0.5) is 5.69 Å². The quantitative estimate of drug-likeness (QED) is 0.130. The zero-order chi connectivity index (χ0) is 23.9. The minimum absolute atomic E-state index is 0.00754. The minimum atomic E-state index is -0.458. The van der Waals surface area contributed by atoms with Gasteiger partial charge in [0.1, 0.15) is 11.5 Å². The molecule has 0 fully saturated rings. The van der Waals surface area contributed by atoms with Gasteiger partial charge in [0.15, 0.2) is 0 Å². The van der Waals surface area contributed by atoms with Crippen molar-refractivity contribution in [3.05, 3.63) is 117 Å². The normalized spacial score (nSPS) is 11.0. The lowest BCUT2D eigenvalue weighted by Crippen LogP contribution is -2.17. The zero-order valence-corrected chi connectivity index (χ0v) is 19.3. The molecule has 0 radical (unpaired) electrons. The fraction of sp³-hybridized carbons (Fsp3) is 0.0400. The molecule has 0 spiro atoms. The van der Waals surface area contributed by atoms with Crippen molar-refractivity contribution in [1.82, 2.24) is 5.43 Å². The summed E-state index contributed by atoms with van der Waals surface area (Å²) in [6.07, 6.45) is 1.39. The van der Waals surface area contributed by atoms with E-state index in [4.69, 9.17) is 16.0 Å². The Kier molecular flexibility index (Phi) is 7.41. The summed E-state index contributed by atoms with van der Waals surface area (Å²) in [6.45, 7) is 0.